The van der Waals surface area contributed by atoms with Crippen LogP contribution in [0.3, 0.4) is 0 Å². The Morgan fingerprint density at radius 2 is 1.86 bits per heavy atom. The van der Waals surface area contributed by atoms with Crippen LogP contribution >= 0.6 is 0 Å². The quantitative estimate of drug-likeness (QED) is 0.821. The van der Waals surface area contributed by atoms with Crippen LogP contribution in [0.15, 0.2) is 0 Å². The maximum Gasteiger partial charge on any atom is 0.391 e. The first-order valence-corrected chi connectivity index (χ1v) is 8.07. The molecule has 1 aliphatic carbocycles. The molecule has 2 N–H and O–H groups in total. The van der Waals surface area contributed by atoms with Crippen molar-refractivity contribution in [2.45, 2.75) is 63.8 Å². The molecule has 0 aromatic rings. The number of nitrogens with one attached hydrogen (secondary N) is 1. The molecular formula is C15H25F3N2O2. The largest absolute Gasteiger partial charge is 0.393 e. The summed E-state index contributed by atoms with van der Waals surface area (Å²) in [6.07, 6.45) is -1.81. The van der Waals surface area contributed by atoms with E-state index >= 15 is 0 Å². The number of urea groups is 1. The molecule has 2 fully saturated rings. The number of likely N-dealkylation sites (tertiary alicyclic amines) is 1. The first kappa shape index (κ1) is 17.4. The summed E-state index contributed by atoms with van der Waals surface area (Å²) in [6.45, 7) is 2.85. The van der Waals surface area contributed by atoms with E-state index in [1.807, 2.05) is 0 Å². The van der Waals surface area contributed by atoms with E-state index in [1.165, 1.54) is 0 Å². The zero-order valence-electron chi connectivity index (χ0n) is 12.9. The van der Waals surface area contributed by atoms with E-state index in [0.29, 0.717) is 25.9 Å². The maximum atomic E-state index is 12.8. The highest BCUT2D eigenvalue weighted by Gasteiger charge is 2.42. The maximum absolute atomic E-state index is 12.8. The Morgan fingerprint density at radius 3 is 2.41 bits per heavy atom. The number of rotatable bonds is 2. The van der Waals surface area contributed by atoms with Gasteiger partial charge in [-0.2, -0.15) is 13.2 Å². The van der Waals surface area contributed by atoms with Crippen LogP contribution in [0.1, 0.15) is 45.4 Å². The average Bonchev–Trinajstić information content (AvgIpc) is 2.46. The van der Waals surface area contributed by atoms with Crippen molar-refractivity contribution in [2.75, 3.05) is 13.1 Å². The fourth-order valence-electron chi connectivity index (χ4n) is 3.47. The molecule has 2 amide bonds. The molecule has 128 valence electrons. The number of aliphatic hydroxyl groups excluding tert-OH is 1. The molecule has 1 saturated carbocycles. The van der Waals surface area contributed by atoms with Gasteiger partial charge in [-0.25, -0.2) is 4.79 Å². The summed E-state index contributed by atoms with van der Waals surface area (Å²) in [4.78, 5) is 13.8. The molecule has 3 atom stereocenters. The third-order valence-electron chi connectivity index (χ3n) is 4.97. The third-order valence-corrected chi connectivity index (χ3v) is 4.97. The summed E-state index contributed by atoms with van der Waals surface area (Å²) < 4.78 is 38.3. The second-order valence-electron chi connectivity index (χ2n) is 6.62. The lowest BCUT2D eigenvalue weighted by molar-refractivity contribution is -0.183. The first-order chi connectivity index (χ1) is 10.3. The van der Waals surface area contributed by atoms with Crippen molar-refractivity contribution in [2.24, 2.45) is 11.8 Å². The number of hydrogen-bond donors (Lipinski definition) is 2. The third kappa shape index (κ3) is 4.51. The van der Waals surface area contributed by atoms with Crippen LogP contribution in [0, 0.1) is 11.8 Å². The fraction of sp³-hybridized carbons (Fsp3) is 0.933. The molecular weight excluding hydrogens is 297 g/mol. The van der Waals surface area contributed by atoms with Gasteiger partial charge in [0.25, 0.3) is 0 Å². The zero-order valence-corrected chi connectivity index (χ0v) is 12.9. The molecule has 0 bridgehead atoms. The molecule has 4 nitrogen and oxygen atoms in total. The SMILES string of the molecule is CC(O)C1CCN(C(=O)NC2CCCC(C(F)(F)F)C2)CC1. The number of halogens is 3. The Balaban J connectivity index is 1.80. The van der Waals surface area contributed by atoms with Crippen LogP contribution in [0.2, 0.25) is 0 Å². The Labute approximate surface area is 129 Å². The standard InChI is InChI=1S/C15H25F3N2O2/c1-10(21)11-5-7-20(8-6-11)14(22)19-13-4-2-3-12(9-13)15(16,17)18/h10-13,21H,2-9H2,1H3,(H,19,22). The molecule has 1 heterocycles. The van der Waals surface area contributed by atoms with Crippen molar-refractivity contribution in [1.82, 2.24) is 10.2 Å². The monoisotopic (exact) mass is 322 g/mol. The van der Waals surface area contributed by atoms with Crippen LogP contribution in [-0.2, 0) is 0 Å². The summed E-state index contributed by atoms with van der Waals surface area (Å²) in [5, 5.41) is 12.3. The topological polar surface area (TPSA) is 52.6 Å². The van der Waals surface area contributed by atoms with E-state index in [-0.39, 0.29) is 36.9 Å². The molecule has 22 heavy (non-hydrogen) atoms. The second-order valence-corrected chi connectivity index (χ2v) is 6.62. The predicted octanol–water partition coefficient (Wildman–Crippen LogP) is 2.91. The van der Waals surface area contributed by atoms with E-state index < -0.39 is 12.1 Å². The highest BCUT2D eigenvalue weighted by atomic mass is 19.4. The van der Waals surface area contributed by atoms with Gasteiger partial charge in [-0.1, -0.05) is 6.42 Å². The van der Waals surface area contributed by atoms with Crippen LogP contribution in [0.25, 0.3) is 0 Å². The normalized spacial score (nSPS) is 29.2. The van der Waals surface area contributed by atoms with Crippen LogP contribution in [0.5, 0.6) is 0 Å². The number of hydrogen-bond acceptors (Lipinski definition) is 2. The van der Waals surface area contributed by atoms with Gasteiger partial charge in [-0.05, 0) is 44.9 Å². The molecule has 3 unspecified atom stereocenters. The molecule has 0 aromatic carbocycles. The van der Waals surface area contributed by atoms with Crippen molar-refractivity contribution < 1.29 is 23.1 Å². The lowest BCUT2D eigenvalue weighted by Gasteiger charge is -2.36. The minimum absolute atomic E-state index is 0.0145. The highest BCUT2D eigenvalue weighted by Crippen LogP contribution is 2.37. The first-order valence-electron chi connectivity index (χ1n) is 8.07. The van der Waals surface area contributed by atoms with E-state index in [4.69, 9.17) is 0 Å². The molecule has 7 heteroatoms. The van der Waals surface area contributed by atoms with Gasteiger partial charge in [0.15, 0.2) is 0 Å². The minimum atomic E-state index is -4.17. The molecule has 0 spiro atoms. The number of carbonyl (C=O) groups excluding carboxylic acids is 1. The fourth-order valence-corrected chi connectivity index (χ4v) is 3.47. The van der Waals surface area contributed by atoms with Gasteiger partial charge in [-0.15, -0.1) is 0 Å². The number of piperidine rings is 1. The Morgan fingerprint density at radius 1 is 1.23 bits per heavy atom. The second kappa shape index (κ2) is 7.06. The van der Waals surface area contributed by atoms with Crippen LogP contribution in [-0.4, -0.2) is 47.4 Å². The van der Waals surface area contributed by atoms with Crippen molar-refractivity contribution in [1.29, 1.82) is 0 Å². The van der Waals surface area contributed by atoms with Gasteiger partial charge in [0.2, 0.25) is 0 Å². The summed E-state index contributed by atoms with van der Waals surface area (Å²) >= 11 is 0. The van der Waals surface area contributed by atoms with E-state index in [0.717, 1.165) is 12.8 Å². The minimum Gasteiger partial charge on any atom is -0.393 e. The summed E-state index contributed by atoms with van der Waals surface area (Å²) in [7, 11) is 0. The molecule has 2 aliphatic rings. The molecule has 1 saturated heterocycles. The Kier molecular flexibility index (Phi) is 5.58. The van der Waals surface area contributed by atoms with Gasteiger partial charge < -0.3 is 15.3 Å². The molecule has 0 radical (unpaired) electrons. The zero-order chi connectivity index (χ0) is 16.3. The van der Waals surface area contributed by atoms with E-state index in [9.17, 15) is 23.1 Å². The smallest absolute Gasteiger partial charge is 0.391 e. The van der Waals surface area contributed by atoms with Crippen LogP contribution < -0.4 is 5.32 Å². The number of carbonyl (C=O) groups is 1. The average molecular weight is 322 g/mol. The van der Waals surface area contributed by atoms with Crippen molar-refractivity contribution in [3.63, 3.8) is 0 Å². The lowest BCUT2D eigenvalue weighted by Crippen LogP contribution is -2.50. The number of aliphatic hydroxyl groups is 1. The highest BCUT2D eigenvalue weighted by molar-refractivity contribution is 5.74. The van der Waals surface area contributed by atoms with Gasteiger partial charge >= 0.3 is 12.2 Å². The number of alkyl halides is 3. The van der Waals surface area contributed by atoms with E-state index in [2.05, 4.69) is 5.32 Å². The van der Waals surface area contributed by atoms with Crippen molar-refractivity contribution >= 4 is 6.03 Å². The Bertz CT molecular complexity index is 379. The molecule has 1 aliphatic heterocycles. The lowest BCUT2D eigenvalue weighted by atomic mass is 9.85. The molecule has 2 rings (SSSR count). The van der Waals surface area contributed by atoms with Gasteiger partial charge in [0.1, 0.15) is 0 Å². The van der Waals surface area contributed by atoms with Crippen molar-refractivity contribution in [3.05, 3.63) is 0 Å². The van der Waals surface area contributed by atoms with E-state index in [1.54, 1.807) is 11.8 Å². The molecule has 0 aromatic heterocycles. The number of amides is 2. The Hall–Kier alpha value is -0.980. The van der Waals surface area contributed by atoms with Crippen LogP contribution in [0.4, 0.5) is 18.0 Å². The van der Waals surface area contributed by atoms with Crippen molar-refractivity contribution in [3.8, 4) is 0 Å². The summed E-state index contributed by atoms with van der Waals surface area (Å²) in [6, 6.07) is -0.653. The number of nitrogens with zero attached hydrogens (tertiary/aromatic N) is 1. The van der Waals surface area contributed by atoms with Gasteiger partial charge in [0, 0.05) is 19.1 Å². The summed E-state index contributed by atoms with van der Waals surface area (Å²) in [5.74, 6) is -1.10. The predicted molar refractivity (Wildman–Crippen MR) is 76.3 cm³/mol. The summed E-state index contributed by atoms with van der Waals surface area (Å²) in [5.41, 5.74) is 0. The van der Waals surface area contributed by atoms with Gasteiger partial charge in [-0.3, -0.25) is 0 Å². The van der Waals surface area contributed by atoms with Gasteiger partial charge in [0.05, 0.1) is 12.0 Å².